The highest BCUT2D eigenvalue weighted by Crippen LogP contribution is 2.32. The zero-order valence-corrected chi connectivity index (χ0v) is 11.7. The molecular formula is C15H17F2NO3. The second-order valence-corrected chi connectivity index (χ2v) is 5.18. The minimum atomic E-state index is -0.752. The van der Waals surface area contributed by atoms with Gasteiger partial charge in [0.2, 0.25) is 0 Å². The average Bonchev–Trinajstić information content (AvgIpc) is 2.50. The molecule has 1 saturated carbocycles. The summed E-state index contributed by atoms with van der Waals surface area (Å²) >= 11 is 0. The first-order valence-electron chi connectivity index (χ1n) is 6.82. The Balaban J connectivity index is 2.12. The van der Waals surface area contributed by atoms with Gasteiger partial charge in [-0.2, -0.15) is 0 Å². The van der Waals surface area contributed by atoms with Crippen LogP contribution in [0.4, 0.5) is 8.78 Å². The summed E-state index contributed by atoms with van der Waals surface area (Å²) in [6.45, 7) is 0. The van der Waals surface area contributed by atoms with Crippen LogP contribution in [-0.4, -0.2) is 24.0 Å². The number of benzene rings is 1. The van der Waals surface area contributed by atoms with Crippen LogP contribution in [0.2, 0.25) is 0 Å². The maximum absolute atomic E-state index is 13.8. The monoisotopic (exact) mass is 297 g/mol. The second-order valence-electron chi connectivity index (χ2n) is 5.18. The van der Waals surface area contributed by atoms with E-state index in [2.05, 4.69) is 5.16 Å². The maximum atomic E-state index is 13.8. The molecular weight excluding hydrogens is 280 g/mol. The molecule has 6 heteroatoms. The number of oxime groups is 1. The molecule has 0 aromatic heterocycles. The minimum absolute atomic E-state index is 0.0976. The zero-order chi connectivity index (χ0) is 15.4. The van der Waals surface area contributed by atoms with E-state index in [-0.39, 0.29) is 29.1 Å². The Morgan fingerprint density at radius 1 is 1.24 bits per heavy atom. The molecule has 2 rings (SSSR count). The van der Waals surface area contributed by atoms with Crippen LogP contribution in [0.15, 0.2) is 23.4 Å². The van der Waals surface area contributed by atoms with Crippen molar-refractivity contribution in [2.45, 2.75) is 25.7 Å². The molecule has 0 atom stereocenters. The molecule has 1 aliphatic rings. The van der Waals surface area contributed by atoms with Crippen molar-refractivity contribution in [3.05, 3.63) is 35.4 Å². The number of carbonyl (C=O) groups excluding carboxylic acids is 1. The number of esters is 1. The first-order chi connectivity index (χ1) is 10.1. The number of hydrogen-bond acceptors (Lipinski definition) is 4. The molecule has 0 radical (unpaired) electrons. The van der Waals surface area contributed by atoms with Gasteiger partial charge < -0.3 is 9.94 Å². The van der Waals surface area contributed by atoms with E-state index >= 15 is 0 Å². The highest BCUT2D eigenvalue weighted by atomic mass is 19.1. The summed E-state index contributed by atoms with van der Waals surface area (Å²) < 4.78 is 31.4. The fraction of sp³-hybridized carbons (Fsp3) is 0.467. The topological polar surface area (TPSA) is 58.9 Å². The molecule has 114 valence electrons. The summed E-state index contributed by atoms with van der Waals surface area (Å²) in [5.41, 5.74) is 0.302. The fourth-order valence-corrected chi connectivity index (χ4v) is 2.82. The molecule has 0 amide bonds. The summed E-state index contributed by atoms with van der Waals surface area (Å²) in [7, 11) is 1.35. The van der Waals surface area contributed by atoms with Gasteiger partial charge in [-0.1, -0.05) is 5.16 Å². The zero-order valence-electron chi connectivity index (χ0n) is 11.7. The van der Waals surface area contributed by atoms with Gasteiger partial charge >= 0.3 is 5.97 Å². The van der Waals surface area contributed by atoms with Crippen LogP contribution < -0.4 is 0 Å². The van der Waals surface area contributed by atoms with Crippen molar-refractivity contribution in [2.75, 3.05) is 7.11 Å². The van der Waals surface area contributed by atoms with Crippen molar-refractivity contribution in [2.24, 2.45) is 17.0 Å². The molecule has 1 aromatic rings. The highest BCUT2D eigenvalue weighted by Gasteiger charge is 2.31. The van der Waals surface area contributed by atoms with Gasteiger partial charge in [0.1, 0.15) is 11.6 Å². The molecule has 21 heavy (non-hydrogen) atoms. The third kappa shape index (κ3) is 3.37. The number of halogens is 2. The van der Waals surface area contributed by atoms with Gasteiger partial charge in [0.15, 0.2) is 0 Å². The minimum Gasteiger partial charge on any atom is -0.469 e. The highest BCUT2D eigenvalue weighted by molar-refractivity contribution is 6.02. The number of rotatable bonds is 3. The lowest BCUT2D eigenvalue weighted by molar-refractivity contribution is -0.146. The summed E-state index contributed by atoms with van der Waals surface area (Å²) in [5, 5.41) is 12.4. The molecule has 1 aliphatic carbocycles. The number of carbonyl (C=O) groups is 1. The molecule has 4 nitrogen and oxygen atoms in total. The van der Waals surface area contributed by atoms with E-state index < -0.39 is 11.6 Å². The quantitative estimate of drug-likeness (QED) is 0.403. The van der Waals surface area contributed by atoms with Gasteiger partial charge in [0.25, 0.3) is 0 Å². The summed E-state index contributed by atoms with van der Waals surface area (Å²) in [6, 6.07) is 3.16. The summed E-state index contributed by atoms with van der Waals surface area (Å²) in [5.74, 6) is -2.00. The largest absolute Gasteiger partial charge is 0.469 e. The summed E-state index contributed by atoms with van der Waals surface area (Å²) in [4.78, 5) is 11.5. The number of hydrogen-bond donors (Lipinski definition) is 1. The second kappa shape index (κ2) is 6.65. The van der Waals surface area contributed by atoms with Gasteiger partial charge in [-0.15, -0.1) is 0 Å². The Kier molecular flexibility index (Phi) is 4.88. The van der Waals surface area contributed by atoms with Crippen molar-refractivity contribution < 1.29 is 23.5 Å². The van der Waals surface area contributed by atoms with E-state index in [9.17, 15) is 18.8 Å². The lowest BCUT2D eigenvalue weighted by Crippen LogP contribution is -2.27. The molecule has 1 aromatic carbocycles. The van der Waals surface area contributed by atoms with Crippen LogP contribution in [0.1, 0.15) is 31.2 Å². The van der Waals surface area contributed by atoms with Gasteiger partial charge in [0, 0.05) is 17.5 Å². The van der Waals surface area contributed by atoms with Gasteiger partial charge in [0.05, 0.1) is 18.7 Å². The number of ether oxygens (including phenoxy) is 1. The SMILES string of the molecule is COC(=O)C1CCC(C(=NO)c2ccc(F)cc2F)CC1. The fourth-order valence-electron chi connectivity index (χ4n) is 2.82. The predicted molar refractivity (Wildman–Crippen MR) is 72.1 cm³/mol. The number of nitrogens with zero attached hydrogens (tertiary/aromatic N) is 1. The molecule has 0 bridgehead atoms. The predicted octanol–water partition coefficient (Wildman–Crippen LogP) is 3.12. The van der Waals surface area contributed by atoms with Gasteiger partial charge in [-0.05, 0) is 37.8 Å². The van der Waals surface area contributed by atoms with E-state index in [1.807, 2.05) is 0 Å². The van der Waals surface area contributed by atoms with Gasteiger partial charge in [-0.3, -0.25) is 4.79 Å². The Morgan fingerprint density at radius 2 is 1.86 bits per heavy atom. The van der Waals surface area contributed by atoms with Crippen LogP contribution in [0.3, 0.4) is 0 Å². The van der Waals surface area contributed by atoms with Crippen LogP contribution in [0.25, 0.3) is 0 Å². The Bertz CT molecular complexity index is 552. The van der Waals surface area contributed by atoms with E-state index in [1.54, 1.807) is 0 Å². The standard InChI is InChI=1S/C15H17F2NO3/c1-21-15(19)10-4-2-9(3-5-10)14(18-20)12-7-6-11(16)8-13(12)17/h6-10,20H,2-5H2,1H3. The first kappa shape index (κ1) is 15.4. The Labute approximate surface area is 121 Å². The first-order valence-corrected chi connectivity index (χ1v) is 6.82. The lowest BCUT2D eigenvalue weighted by atomic mass is 9.78. The van der Waals surface area contributed by atoms with E-state index in [4.69, 9.17) is 4.74 Å². The molecule has 0 saturated heterocycles. The molecule has 0 heterocycles. The molecule has 1 fully saturated rings. The van der Waals surface area contributed by atoms with Crippen molar-refractivity contribution in [3.63, 3.8) is 0 Å². The summed E-state index contributed by atoms with van der Waals surface area (Å²) in [6.07, 6.45) is 2.38. The Morgan fingerprint density at radius 3 is 2.38 bits per heavy atom. The smallest absolute Gasteiger partial charge is 0.308 e. The molecule has 1 N–H and O–H groups in total. The van der Waals surface area contributed by atoms with Crippen molar-refractivity contribution in [1.29, 1.82) is 0 Å². The van der Waals surface area contributed by atoms with Crippen molar-refractivity contribution >= 4 is 11.7 Å². The van der Waals surface area contributed by atoms with E-state index in [1.165, 1.54) is 13.2 Å². The Hall–Kier alpha value is -1.98. The van der Waals surface area contributed by atoms with Crippen LogP contribution >= 0.6 is 0 Å². The van der Waals surface area contributed by atoms with E-state index in [0.29, 0.717) is 25.7 Å². The third-order valence-corrected chi connectivity index (χ3v) is 3.96. The van der Waals surface area contributed by atoms with Crippen molar-refractivity contribution in [3.8, 4) is 0 Å². The maximum Gasteiger partial charge on any atom is 0.308 e. The molecule has 0 aliphatic heterocycles. The van der Waals surface area contributed by atoms with Crippen LogP contribution in [0, 0.1) is 23.5 Å². The van der Waals surface area contributed by atoms with E-state index in [0.717, 1.165) is 12.1 Å². The van der Waals surface area contributed by atoms with Gasteiger partial charge in [-0.25, -0.2) is 8.78 Å². The third-order valence-electron chi connectivity index (χ3n) is 3.96. The molecule has 0 unspecified atom stereocenters. The lowest BCUT2D eigenvalue weighted by Gasteiger charge is -2.27. The average molecular weight is 297 g/mol. The number of methoxy groups -OCH3 is 1. The molecule has 0 spiro atoms. The van der Waals surface area contributed by atoms with Crippen LogP contribution in [0.5, 0.6) is 0 Å². The normalized spacial score (nSPS) is 22.9. The van der Waals surface area contributed by atoms with Crippen LogP contribution in [-0.2, 0) is 9.53 Å². The van der Waals surface area contributed by atoms with Crippen molar-refractivity contribution in [1.82, 2.24) is 0 Å².